The second kappa shape index (κ2) is 6.74. The molecule has 0 fully saturated rings. The molecular weight excluding hydrogens is 386 g/mol. The van der Waals surface area contributed by atoms with Crippen molar-refractivity contribution in [1.82, 2.24) is 18.7 Å². The van der Waals surface area contributed by atoms with E-state index >= 15 is 0 Å². The van der Waals surface area contributed by atoms with Crippen LogP contribution < -0.4 is 20.7 Å². The molecule has 0 aliphatic carbocycles. The zero-order chi connectivity index (χ0) is 20.9. The highest BCUT2D eigenvalue weighted by atomic mass is 16.7. The van der Waals surface area contributed by atoms with Gasteiger partial charge in [-0.3, -0.25) is 28.6 Å². The van der Waals surface area contributed by atoms with Crippen molar-refractivity contribution in [2.75, 3.05) is 6.79 Å². The van der Waals surface area contributed by atoms with Crippen molar-refractivity contribution in [3.05, 3.63) is 55.0 Å². The zero-order valence-electron chi connectivity index (χ0n) is 15.8. The molecule has 2 aromatic heterocycles. The molecule has 29 heavy (non-hydrogen) atoms. The van der Waals surface area contributed by atoms with Crippen molar-refractivity contribution in [1.29, 1.82) is 0 Å². The van der Waals surface area contributed by atoms with E-state index in [0.717, 1.165) is 4.57 Å². The van der Waals surface area contributed by atoms with E-state index in [1.165, 1.54) is 41.7 Å². The number of hydrogen-bond acceptors (Lipinski definition) is 8. The second-order valence-corrected chi connectivity index (χ2v) is 6.55. The molecule has 1 aliphatic rings. The van der Waals surface area contributed by atoms with E-state index < -0.39 is 22.3 Å². The predicted octanol–water partition coefficient (Wildman–Crippen LogP) is 0.806. The van der Waals surface area contributed by atoms with Crippen LogP contribution in [0, 0.1) is 10.1 Å². The van der Waals surface area contributed by atoms with Crippen LogP contribution in [0.3, 0.4) is 0 Å². The van der Waals surface area contributed by atoms with Crippen LogP contribution in [0.15, 0.2) is 28.0 Å². The Balaban J connectivity index is 1.66. The van der Waals surface area contributed by atoms with E-state index in [1.807, 2.05) is 0 Å². The second-order valence-electron chi connectivity index (χ2n) is 6.55. The van der Waals surface area contributed by atoms with Crippen molar-refractivity contribution in [2.45, 2.75) is 19.8 Å². The highest BCUT2D eigenvalue weighted by molar-refractivity contribution is 5.69. The van der Waals surface area contributed by atoms with Crippen LogP contribution in [0.1, 0.15) is 18.6 Å². The maximum absolute atomic E-state index is 12.2. The summed E-state index contributed by atoms with van der Waals surface area (Å²) in [6.45, 7) is 1.57. The molecule has 0 saturated heterocycles. The molecule has 1 unspecified atom stereocenters. The lowest BCUT2D eigenvalue weighted by Crippen LogP contribution is -2.37. The Morgan fingerprint density at radius 3 is 2.62 bits per heavy atom. The monoisotopic (exact) mass is 403 g/mol. The predicted molar refractivity (Wildman–Crippen MR) is 98.9 cm³/mol. The van der Waals surface area contributed by atoms with Crippen molar-refractivity contribution in [3.63, 3.8) is 0 Å². The molecule has 152 valence electrons. The van der Waals surface area contributed by atoms with Gasteiger partial charge in [0.05, 0.1) is 29.0 Å². The lowest BCUT2D eigenvalue weighted by Gasteiger charge is -2.15. The topological polar surface area (TPSA) is 133 Å². The fourth-order valence-electron chi connectivity index (χ4n) is 3.25. The van der Waals surface area contributed by atoms with Gasteiger partial charge in [-0.2, -0.15) is 0 Å². The lowest BCUT2D eigenvalue weighted by molar-refractivity contribution is -0.386. The third-order valence-electron chi connectivity index (χ3n) is 4.83. The van der Waals surface area contributed by atoms with Gasteiger partial charge < -0.3 is 14.2 Å². The van der Waals surface area contributed by atoms with Gasteiger partial charge in [0, 0.05) is 14.1 Å². The number of nitrogens with zero attached hydrogens (tertiary/aromatic N) is 5. The lowest BCUT2D eigenvalue weighted by atomic mass is 10.1. The third-order valence-corrected chi connectivity index (χ3v) is 4.83. The summed E-state index contributed by atoms with van der Waals surface area (Å²) in [4.78, 5) is 39.4. The first kappa shape index (κ1) is 18.7. The number of nitro benzene ring substituents is 1. The van der Waals surface area contributed by atoms with Crippen molar-refractivity contribution < 1.29 is 19.1 Å². The normalized spacial score (nSPS) is 13.8. The highest BCUT2D eigenvalue weighted by Crippen LogP contribution is 2.40. The van der Waals surface area contributed by atoms with Gasteiger partial charge in [0.1, 0.15) is 6.73 Å². The van der Waals surface area contributed by atoms with Gasteiger partial charge in [0.25, 0.3) is 11.2 Å². The molecule has 0 radical (unpaired) electrons. The summed E-state index contributed by atoms with van der Waals surface area (Å²) in [5, 5.41) is 11.4. The summed E-state index contributed by atoms with van der Waals surface area (Å²) in [7, 11) is 2.90. The summed E-state index contributed by atoms with van der Waals surface area (Å²) < 4.78 is 20.0. The van der Waals surface area contributed by atoms with E-state index in [2.05, 4.69) is 4.98 Å². The Hall–Kier alpha value is -3.67. The van der Waals surface area contributed by atoms with Gasteiger partial charge in [-0.15, -0.1) is 0 Å². The first-order valence-corrected chi connectivity index (χ1v) is 8.60. The van der Waals surface area contributed by atoms with Gasteiger partial charge in [-0.1, -0.05) is 0 Å². The van der Waals surface area contributed by atoms with E-state index in [0.29, 0.717) is 22.7 Å². The Morgan fingerprint density at radius 1 is 1.24 bits per heavy atom. The Morgan fingerprint density at radius 2 is 1.93 bits per heavy atom. The molecule has 0 bridgehead atoms. The number of ether oxygens (including phenoxy) is 3. The van der Waals surface area contributed by atoms with E-state index in [4.69, 9.17) is 14.2 Å². The van der Waals surface area contributed by atoms with E-state index in [-0.39, 0.29) is 24.7 Å². The van der Waals surface area contributed by atoms with Gasteiger partial charge in [0.15, 0.2) is 22.7 Å². The van der Waals surface area contributed by atoms with E-state index in [1.54, 1.807) is 6.92 Å². The smallest absolute Gasteiger partial charge is 0.332 e. The molecule has 0 amide bonds. The van der Waals surface area contributed by atoms with Crippen LogP contribution in [0.5, 0.6) is 11.5 Å². The molecule has 3 aromatic rings. The molecule has 3 heterocycles. The third kappa shape index (κ3) is 2.93. The SMILES string of the molecule is CC(OCn1cnc2c(=O)n(C)c(=O)n(C)c21)c1cc2c(cc1[N+](=O)[O-])OCO2. The van der Waals surface area contributed by atoms with Gasteiger partial charge in [-0.05, 0) is 13.0 Å². The Kier molecular flexibility index (Phi) is 4.34. The average Bonchev–Trinajstić information content (AvgIpc) is 3.34. The van der Waals surface area contributed by atoms with Crippen molar-refractivity contribution in [3.8, 4) is 11.5 Å². The number of fused-ring (bicyclic) bond motifs is 2. The molecule has 1 aromatic carbocycles. The van der Waals surface area contributed by atoms with Crippen molar-refractivity contribution >= 4 is 16.9 Å². The molecule has 12 heteroatoms. The summed E-state index contributed by atoms with van der Waals surface area (Å²) in [5.74, 6) is 0.708. The molecule has 4 rings (SSSR count). The standard InChI is InChI=1S/C17H17N5O7/c1-9(10-4-12-13(29-8-28-12)5-11(10)22(25)26)27-7-21-6-18-14-15(21)19(2)17(24)20(3)16(14)23/h4-6,9H,7-8H2,1-3H3. The molecule has 1 aliphatic heterocycles. The quantitative estimate of drug-likeness (QED) is 0.451. The van der Waals surface area contributed by atoms with Gasteiger partial charge in [0.2, 0.25) is 6.79 Å². The minimum Gasteiger partial charge on any atom is -0.454 e. The first-order chi connectivity index (χ1) is 13.8. The van der Waals surface area contributed by atoms with Crippen LogP contribution in [-0.4, -0.2) is 30.4 Å². The van der Waals surface area contributed by atoms with Gasteiger partial charge >= 0.3 is 5.69 Å². The summed E-state index contributed by atoms with van der Waals surface area (Å²) in [6.07, 6.45) is 0.692. The fourth-order valence-corrected chi connectivity index (χ4v) is 3.25. The minimum absolute atomic E-state index is 0.00477. The van der Waals surface area contributed by atoms with E-state index in [9.17, 15) is 19.7 Å². The first-order valence-electron chi connectivity index (χ1n) is 8.60. The fraction of sp³-hybridized carbons (Fsp3) is 0.353. The zero-order valence-corrected chi connectivity index (χ0v) is 15.8. The number of rotatable bonds is 5. The maximum atomic E-state index is 12.2. The number of hydrogen-bond donors (Lipinski definition) is 0. The van der Waals surface area contributed by atoms with Crippen LogP contribution >= 0.6 is 0 Å². The Bertz CT molecular complexity index is 1260. The molecule has 0 saturated carbocycles. The maximum Gasteiger partial charge on any atom is 0.332 e. The molecule has 0 spiro atoms. The molecule has 0 N–H and O–H groups in total. The number of aromatic nitrogens is 4. The average molecular weight is 403 g/mol. The molecule has 1 atom stereocenters. The number of benzene rings is 1. The summed E-state index contributed by atoms with van der Waals surface area (Å²) in [5.41, 5.74) is -0.428. The summed E-state index contributed by atoms with van der Waals surface area (Å²) in [6, 6.07) is 2.82. The van der Waals surface area contributed by atoms with Crippen LogP contribution in [-0.2, 0) is 25.6 Å². The summed E-state index contributed by atoms with van der Waals surface area (Å²) >= 11 is 0. The molecular formula is C17H17N5O7. The highest BCUT2D eigenvalue weighted by Gasteiger charge is 2.27. The van der Waals surface area contributed by atoms with Gasteiger partial charge in [-0.25, -0.2) is 9.78 Å². The van der Waals surface area contributed by atoms with Crippen LogP contribution in [0.4, 0.5) is 5.69 Å². The van der Waals surface area contributed by atoms with Crippen LogP contribution in [0.25, 0.3) is 11.2 Å². The number of aryl methyl sites for hydroxylation is 1. The number of nitro groups is 1. The number of imidazole rings is 1. The molecule has 12 nitrogen and oxygen atoms in total. The van der Waals surface area contributed by atoms with Crippen LogP contribution in [0.2, 0.25) is 0 Å². The van der Waals surface area contributed by atoms with Crippen molar-refractivity contribution in [2.24, 2.45) is 14.1 Å². The minimum atomic E-state index is -0.689. The Labute approximate surface area is 162 Å². The largest absolute Gasteiger partial charge is 0.454 e.